The summed E-state index contributed by atoms with van der Waals surface area (Å²) in [5.74, 6) is 0.475. The maximum atomic E-state index is 15.0. The van der Waals surface area contributed by atoms with Crippen molar-refractivity contribution in [3.8, 4) is 5.75 Å². The van der Waals surface area contributed by atoms with Gasteiger partial charge in [0.1, 0.15) is 16.7 Å². The number of anilines is 1. The Bertz CT molecular complexity index is 1580. The van der Waals surface area contributed by atoms with Crippen molar-refractivity contribution in [1.29, 1.82) is 0 Å². The molecule has 5 atom stereocenters. The fraction of sp³-hybridized carbons (Fsp3) is 0.459. The molecule has 1 saturated carbocycles. The highest BCUT2D eigenvalue weighted by Crippen LogP contribution is 2.47. The Labute approximate surface area is 280 Å². The predicted molar refractivity (Wildman–Crippen MR) is 186 cm³/mol. The molecule has 5 unspecified atom stereocenters. The first-order valence-electron chi connectivity index (χ1n) is 16.5. The molecule has 9 heteroatoms. The number of halogens is 2. The highest BCUT2D eigenvalue weighted by atomic mass is 35.5. The normalized spacial score (nSPS) is 20.8. The lowest BCUT2D eigenvalue weighted by Gasteiger charge is -2.44. The summed E-state index contributed by atoms with van der Waals surface area (Å²) in [7, 11) is -1.49. The molecule has 2 heterocycles. The molecule has 3 aromatic rings. The average molecular weight is 666 g/mol. The summed E-state index contributed by atoms with van der Waals surface area (Å²) in [6.45, 7) is 9.78. The molecule has 0 radical (unpaired) electrons. The number of nitrogens with zero attached hydrogens (tertiary/aromatic N) is 2. The van der Waals surface area contributed by atoms with Gasteiger partial charge in [-0.25, -0.2) is 9.19 Å². The molecule has 0 bridgehead atoms. The van der Waals surface area contributed by atoms with Crippen LogP contribution in [0.2, 0.25) is 5.02 Å². The number of amides is 1. The topological polar surface area (TPSA) is 71.5 Å². The maximum Gasteiger partial charge on any atom is 0.263 e. The molecule has 1 aliphatic carbocycles. The zero-order valence-electron chi connectivity index (χ0n) is 27.2. The van der Waals surface area contributed by atoms with E-state index in [0.717, 1.165) is 49.4 Å². The van der Waals surface area contributed by atoms with Crippen LogP contribution in [0.4, 0.5) is 10.1 Å². The number of aryl methyl sites for hydroxylation is 1. The fourth-order valence-corrected chi connectivity index (χ4v) is 7.44. The summed E-state index contributed by atoms with van der Waals surface area (Å²) in [6, 6.07) is 15.3. The number of pyridine rings is 1. The van der Waals surface area contributed by atoms with Crippen molar-refractivity contribution in [1.82, 2.24) is 9.71 Å². The molecule has 1 amide bonds. The molecule has 5 rings (SSSR count). The predicted octanol–water partition coefficient (Wildman–Crippen LogP) is 8.39. The first-order chi connectivity index (χ1) is 22.2. The molecule has 1 aromatic heterocycles. The van der Waals surface area contributed by atoms with Crippen LogP contribution in [0, 0.1) is 17.8 Å². The van der Waals surface area contributed by atoms with E-state index < -0.39 is 16.9 Å². The van der Waals surface area contributed by atoms with Gasteiger partial charge >= 0.3 is 0 Å². The van der Waals surface area contributed by atoms with Gasteiger partial charge < -0.3 is 9.64 Å². The van der Waals surface area contributed by atoms with E-state index in [1.54, 1.807) is 6.07 Å². The highest BCUT2D eigenvalue weighted by molar-refractivity contribution is 7.84. The Kier molecular flexibility index (Phi) is 11.5. The number of allylic oxidation sites excluding steroid dienone is 2. The quantitative estimate of drug-likeness (QED) is 0.155. The molecule has 0 saturated heterocycles. The summed E-state index contributed by atoms with van der Waals surface area (Å²) in [5, 5.41) is 0.527. The van der Waals surface area contributed by atoms with E-state index in [1.165, 1.54) is 17.3 Å². The monoisotopic (exact) mass is 665 g/mol. The Hall–Kier alpha value is -3.23. The standard InChI is InChI=1S/C37H45ClFN3O3S/c1-5-7-10-32(33-11-8-18-40-36(33)39)31-15-12-27(31)21-42-22-28(30-16-14-29(38)19-25(30)9-6-2)23-45-35-17-13-26(20-34(35)42)37(43)41-46(44)24(3)4/h7-8,10-11,13-14,16-20,24,27-28,31-32H,5-6,9,12,15,21-23H2,1-4H3,(H,41,43)/b10-7+. The summed E-state index contributed by atoms with van der Waals surface area (Å²) < 4.78 is 36.6. The largest absolute Gasteiger partial charge is 0.491 e. The van der Waals surface area contributed by atoms with Crippen molar-refractivity contribution >= 4 is 34.2 Å². The number of hydrogen-bond donors (Lipinski definition) is 1. The average Bonchev–Trinajstić information content (AvgIpc) is 3.20. The van der Waals surface area contributed by atoms with E-state index >= 15 is 4.39 Å². The third-order valence-corrected chi connectivity index (χ3v) is 10.7. The number of carbonyl (C=O) groups excluding carboxylic acids is 1. The van der Waals surface area contributed by atoms with Crippen molar-refractivity contribution in [3.63, 3.8) is 0 Å². The number of benzene rings is 2. The van der Waals surface area contributed by atoms with Crippen LogP contribution < -0.4 is 14.4 Å². The molecule has 1 fully saturated rings. The number of rotatable bonds is 12. The Balaban J connectivity index is 1.50. The first-order valence-corrected chi connectivity index (χ1v) is 18.1. The Morgan fingerprint density at radius 2 is 2.02 bits per heavy atom. The first kappa shape index (κ1) is 34.1. The number of aromatic nitrogens is 1. The van der Waals surface area contributed by atoms with Crippen LogP contribution in [0.3, 0.4) is 0 Å². The van der Waals surface area contributed by atoms with Gasteiger partial charge in [-0.3, -0.25) is 9.52 Å². The van der Waals surface area contributed by atoms with Crippen molar-refractivity contribution in [2.24, 2.45) is 11.8 Å². The smallest absolute Gasteiger partial charge is 0.263 e. The van der Waals surface area contributed by atoms with Crippen LogP contribution in [-0.2, 0) is 17.4 Å². The highest BCUT2D eigenvalue weighted by Gasteiger charge is 2.40. The van der Waals surface area contributed by atoms with Gasteiger partial charge in [0.05, 0.1) is 12.3 Å². The molecule has 2 aromatic carbocycles. The van der Waals surface area contributed by atoms with Gasteiger partial charge in [0.2, 0.25) is 5.95 Å². The van der Waals surface area contributed by atoms with E-state index in [-0.39, 0.29) is 28.9 Å². The van der Waals surface area contributed by atoms with E-state index in [1.807, 2.05) is 44.2 Å². The van der Waals surface area contributed by atoms with Crippen molar-refractivity contribution in [3.05, 3.63) is 100 Å². The van der Waals surface area contributed by atoms with Gasteiger partial charge in [-0.05, 0) is 98.9 Å². The Morgan fingerprint density at radius 1 is 1.20 bits per heavy atom. The number of hydrogen-bond acceptors (Lipinski definition) is 5. The fourth-order valence-electron chi connectivity index (χ4n) is 6.71. The SMILES string of the molecule is CC/C=C/C(c1cccnc1F)C1CCC1CN1CC(c2ccc(Cl)cc2CCC)COc2ccc(C(=O)NS(=O)C(C)C)cc21. The number of nitrogens with one attached hydrogen (secondary N) is 1. The summed E-state index contributed by atoms with van der Waals surface area (Å²) in [5.41, 5.74) is 4.37. The van der Waals surface area contributed by atoms with E-state index in [4.69, 9.17) is 16.3 Å². The van der Waals surface area contributed by atoms with Crippen molar-refractivity contribution < 1.29 is 18.1 Å². The molecule has 1 N–H and O–H groups in total. The maximum absolute atomic E-state index is 15.0. The van der Waals surface area contributed by atoms with Crippen molar-refractivity contribution in [2.45, 2.75) is 76.9 Å². The lowest BCUT2D eigenvalue weighted by Crippen LogP contribution is -2.42. The van der Waals surface area contributed by atoms with Crippen LogP contribution in [0.1, 0.15) is 92.3 Å². The molecule has 2 aliphatic rings. The van der Waals surface area contributed by atoms with Crippen LogP contribution in [0.5, 0.6) is 5.75 Å². The van der Waals surface area contributed by atoms with Crippen LogP contribution >= 0.6 is 11.6 Å². The van der Waals surface area contributed by atoms with Gasteiger partial charge in [0, 0.05) is 52.5 Å². The second-order valence-corrected chi connectivity index (χ2v) is 14.9. The van der Waals surface area contributed by atoms with Gasteiger partial charge in [-0.1, -0.05) is 56.2 Å². The second-order valence-electron chi connectivity index (χ2n) is 12.7. The van der Waals surface area contributed by atoms with Crippen LogP contribution in [0.25, 0.3) is 0 Å². The number of fused-ring (bicyclic) bond motifs is 1. The van der Waals surface area contributed by atoms with Crippen molar-refractivity contribution in [2.75, 3.05) is 24.6 Å². The van der Waals surface area contributed by atoms with Gasteiger partial charge in [0.25, 0.3) is 5.91 Å². The summed E-state index contributed by atoms with van der Waals surface area (Å²) in [4.78, 5) is 19.5. The van der Waals surface area contributed by atoms with E-state index in [0.29, 0.717) is 35.9 Å². The second kappa shape index (κ2) is 15.6. The summed E-state index contributed by atoms with van der Waals surface area (Å²) in [6.07, 6.45) is 10.6. The molecule has 6 nitrogen and oxygen atoms in total. The summed E-state index contributed by atoms with van der Waals surface area (Å²) >= 11 is 6.43. The van der Waals surface area contributed by atoms with Gasteiger partial charge in [-0.2, -0.15) is 4.39 Å². The minimum absolute atomic E-state index is 0.0681. The third-order valence-electron chi connectivity index (χ3n) is 9.25. The van der Waals surface area contributed by atoms with Gasteiger partial charge in [0.15, 0.2) is 0 Å². The van der Waals surface area contributed by atoms with Crippen LogP contribution in [-0.4, -0.2) is 40.0 Å². The van der Waals surface area contributed by atoms with Gasteiger partial charge in [-0.15, -0.1) is 0 Å². The minimum Gasteiger partial charge on any atom is -0.491 e. The Morgan fingerprint density at radius 3 is 2.72 bits per heavy atom. The third kappa shape index (κ3) is 7.83. The molecule has 1 aliphatic heterocycles. The molecular weight excluding hydrogens is 621 g/mol. The minimum atomic E-state index is -1.49. The molecule has 246 valence electrons. The van der Waals surface area contributed by atoms with E-state index in [9.17, 15) is 9.00 Å². The molecule has 0 spiro atoms. The molecular formula is C37H45ClFN3O3S. The molecule has 46 heavy (non-hydrogen) atoms. The number of carbonyl (C=O) groups is 1. The lowest BCUT2D eigenvalue weighted by molar-refractivity contribution is 0.0982. The zero-order valence-corrected chi connectivity index (χ0v) is 28.8. The van der Waals surface area contributed by atoms with Crippen LogP contribution in [0.15, 0.2) is 66.9 Å². The van der Waals surface area contributed by atoms with E-state index in [2.05, 4.69) is 52.7 Å². The number of ether oxygens (including phenoxy) is 1. The zero-order chi connectivity index (χ0) is 32.8. The lowest BCUT2D eigenvalue weighted by atomic mass is 9.65.